The highest BCUT2D eigenvalue weighted by molar-refractivity contribution is 7.99. The fourth-order valence-corrected chi connectivity index (χ4v) is 2.17. The van der Waals surface area contributed by atoms with Gasteiger partial charge in [-0.25, -0.2) is 0 Å². The summed E-state index contributed by atoms with van der Waals surface area (Å²) in [6, 6.07) is 0. The highest BCUT2D eigenvalue weighted by Crippen LogP contribution is 2.12. The lowest BCUT2D eigenvalue weighted by Gasteiger charge is -2.04. The summed E-state index contributed by atoms with van der Waals surface area (Å²) >= 11 is 1.67. The first kappa shape index (κ1) is 13.1. The minimum atomic E-state index is 0.0417. The molecule has 0 aliphatic carbocycles. The van der Waals surface area contributed by atoms with E-state index < -0.39 is 0 Å². The Morgan fingerprint density at radius 3 is 3.06 bits per heavy atom. The number of aromatic amines is 1. The van der Waals surface area contributed by atoms with Crippen molar-refractivity contribution in [1.29, 1.82) is 0 Å². The molecule has 0 saturated heterocycles. The van der Waals surface area contributed by atoms with Crippen molar-refractivity contribution in [2.24, 2.45) is 0 Å². The third kappa shape index (κ3) is 4.26. The molecule has 5 heteroatoms. The molecule has 16 heavy (non-hydrogen) atoms. The number of hydrogen-bond donors (Lipinski definition) is 2. The normalized spacial score (nSPS) is 10.4. The number of rotatable bonds is 7. The summed E-state index contributed by atoms with van der Waals surface area (Å²) in [4.78, 5) is 11.6. The molecule has 0 atom stereocenters. The third-order valence-electron chi connectivity index (χ3n) is 2.24. The van der Waals surface area contributed by atoms with Gasteiger partial charge in [0, 0.05) is 5.56 Å². The predicted octanol–water partition coefficient (Wildman–Crippen LogP) is 2.44. The zero-order valence-electron chi connectivity index (χ0n) is 9.88. The van der Waals surface area contributed by atoms with Crippen LogP contribution in [0.2, 0.25) is 0 Å². The van der Waals surface area contributed by atoms with Gasteiger partial charge in [-0.2, -0.15) is 16.9 Å². The number of hydrogen-bond acceptors (Lipinski definition) is 3. The van der Waals surface area contributed by atoms with Crippen LogP contribution in [-0.4, -0.2) is 27.6 Å². The van der Waals surface area contributed by atoms with Crippen LogP contribution in [0.5, 0.6) is 0 Å². The van der Waals surface area contributed by atoms with Crippen LogP contribution >= 0.6 is 11.8 Å². The summed E-state index contributed by atoms with van der Waals surface area (Å²) in [7, 11) is 0. The number of nitrogens with zero attached hydrogens (tertiary/aromatic N) is 1. The van der Waals surface area contributed by atoms with E-state index in [4.69, 9.17) is 0 Å². The zero-order chi connectivity index (χ0) is 11.8. The van der Waals surface area contributed by atoms with Crippen molar-refractivity contribution < 1.29 is 4.79 Å². The topological polar surface area (TPSA) is 57.8 Å². The molecule has 0 saturated carbocycles. The molecule has 0 fully saturated rings. The van der Waals surface area contributed by atoms with E-state index in [2.05, 4.69) is 22.4 Å². The second-order valence-corrected chi connectivity index (χ2v) is 4.68. The maximum absolute atomic E-state index is 11.6. The summed E-state index contributed by atoms with van der Waals surface area (Å²) in [5, 5.41) is 9.55. The lowest BCUT2D eigenvalue weighted by molar-refractivity contribution is -0.113. The Bertz CT molecular complexity index is 325. The average Bonchev–Trinajstić information content (AvgIpc) is 2.71. The summed E-state index contributed by atoms with van der Waals surface area (Å²) in [6.45, 7) is 4.19. The maximum Gasteiger partial charge on any atom is 0.235 e. The summed E-state index contributed by atoms with van der Waals surface area (Å²) < 4.78 is 0. The molecule has 1 rings (SSSR count). The minimum Gasteiger partial charge on any atom is -0.310 e. The van der Waals surface area contributed by atoms with Gasteiger partial charge in [0.2, 0.25) is 5.91 Å². The molecular weight excluding hydrogens is 222 g/mol. The standard InChI is InChI=1S/C11H19N3OS/c1-3-5-6-16-8-10(15)13-11-9(4-2)7-12-14-11/h7H,3-6,8H2,1-2H3,(H2,12,13,14,15). The molecule has 0 radical (unpaired) electrons. The lowest BCUT2D eigenvalue weighted by atomic mass is 10.2. The van der Waals surface area contributed by atoms with Crippen molar-refractivity contribution >= 4 is 23.5 Å². The molecule has 1 aromatic rings. The quantitative estimate of drug-likeness (QED) is 0.721. The van der Waals surface area contributed by atoms with Crippen LogP contribution in [-0.2, 0) is 11.2 Å². The number of unbranched alkanes of at least 4 members (excludes halogenated alkanes) is 1. The molecule has 0 unspecified atom stereocenters. The fourth-order valence-electron chi connectivity index (χ4n) is 1.27. The van der Waals surface area contributed by atoms with E-state index in [1.54, 1.807) is 18.0 Å². The van der Waals surface area contributed by atoms with Crippen LogP contribution in [0, 0.1) is 0 Å². The lowest BCUT2D eigenvalue weighted by Crippen LogP contribution is -2.15. The second kappa shape index (κ2) is 7.33. The van der Waals surface area contributed by atoms with Gasteiger partial charge in [-0.1, -0.05) is 20.3 Å². The van der Waals surface area contributed by atoms with Crippen molar-refractivity contribution in [1.82, 2.24) is 10.2 Å². The number of aromatic nitrogens is 2. The highest BCUT2D eigenvalue weighted by atomic mass is 32.2. The first-order valence-corrected chi connectivity index (χ1v) is 6.83. The van der Waals surface area contributed by atoms with Gasteiger partial charge in [0.05, 0.1) is 11.9 Å². The number of carbonyl (C=O) groups excluding carboxylic acids is 1. The van der Waals surface area contributed by atoms with E-state index in [1.165, 1.54) is 12.8 Å². The van der Waals surface area contributed by atoms with E-state index >= 15 is 0 Å². The van der Waals surface area contributed by atoms with Crippen LogP contribution < -0.4 is 5.32 Å². The summed E-state index contributed by atoms with van der Waals surface area (Å²) in [5.74, 6) is 2.35. The molecule has 1 aromatic heterocycles. The Hall–Kier alpha value is -0.970. The van der Waals surface area contributed by atoms with Crippen LogP contribution in [0.15, 0.2) is 6.20 Å². The van der Waals surface area contributed by atoms with E-state index in [0.717, 1.165) is 23.6 Å². The fraction of sp³-hybridized carbons (Fsp3) is 0.636. The molecule has 0 bridgehead atoms. The van der Waals surface area contributed by atoms with Crippen LogP contribution in [0.25, 0.3) is 0 Å². The first-order valence-electron chi connectivity index (χ1n) is 5.67. The molecule has 0 aliphatic rings. The van der Waals surface area contributed by atoms with Crippen molar-refractivity contribution in [2.45, 2.75) is 33.1 Å². The van der Waals surface area contributed by atoms with Gasteiger partial charge in [0.15, 0.2) is 0 Å². The van der Waals surface area contributed by atoms with E-state index in [0.29, 0.717) is 5.75 Å². The Balaban J connectivity index is 2.28. The minimum absolute atomic E-state index is 0.0417. The number of carbonyl (C=O) groups is 1. The number of aryl methyl sites for hydroxylation is 1. The predicted molar refractivity (Wildman–Crippen MR) is 68.8 cm³/mol. The van der Waals surface area contributed by atoms with Gasteiger partial charge in [0.1, 0.15) is 5.82 Å². The van der Waals surface area contributed by atoms with Gasteiger partial charge in [-0.3, -0.25) is 9.89 Å². The Labute approximate surface area is 101 Å². The van der Waals surface area contributed by atoms with Crippen LogP contribution in [0.4, 0.5) is 5.82 Å². The van der Waals surface area contributed by atoms with Crippen molar-refractivity contribution in [3.8, 4) is 0 Å². The van der Waals surface area contributed by atoms with Gasteiger partial charge in [-0.05, 0) is 18.6 Å². The van der Waals surface area contributed by atoms with E-state index in [-0.39, 0.29) is 5.91 Å². The van der Waals surface area contributed by atoms with Crippen molar-refractivity contribution in [3.63, 3.8) is 0 Å². The number of anilines is 1. The van der Waals surface area contributed by atoms with Crippen LogP contribution in [0.3, 0.4) is 0 Å². The molecule has 2 N–H and O–H groups in total. The SMILES string of the molecule is CCCCSCC(=O)Nc1[nH]ncc1CC. The molecule has 90 valence electrons. The van der Waals surface area contributed by atoms with E-state index in [9.17, 15) is 4.79 Å². The van der Waals surface area contributed by atoms with Gasteiger partial charge < -0.3 is 5.32 Å². The van der Waals surface area contributed by atoms with Gasteiger partial charge >= 0.3 is 0 Å². The van der Waals surface area contributed by atoms with E-state index in [1.807, 2.05) is 6.92 Å². The molecule has 4 nitrogen and oxygen atoms in total. The number of thioether (sulfide) groups is 1. The molecule has 1 heterocycles. The molecular formula is C11H19N3OS. The van der Waals surface area contributed by atoms with Crippen LogP contribution in [0.1, 0.15) is 32.3 Å². The zero-order valence-corrected chi connectivity index (χ0v) is 10.7. The third-order valence-corrected chi connectivity index (χ3v) is 3.28. The van der Waals surface area contributed by atoms with Gasteiger partial charge in [0.25, 0.3) is 0 Å². The molecule has 0 aliphatic heterocycles. The number of nitrogens with one attached hydrogen (secondary N) is 2. The Morgan fingerprint density at radius 2 is 2.38 bits per heavy atom. The summed E-state index contributed by atoms with van der Waals surface area (Å²) in [6.07, 6.45) is 4.96. The second-order valence-electron chi connectivity index (χ2n) is 3.58. The first-order chi connectivity index (χ1) is 7.77. The summed E-state index contributed by atoms with van der Waals surface area (Å²) in [5.41, 5.74) is 1.05. The van der Waals surface area contributed by atoms with Crippen molar-refractivity contribution in [2.75, 3.05) is 16.8 Å². The molecule has 0 spiro atoms. The number of H-pyrrole nitrogens is 1. The Kier molecular flexibility index (Phi) is 6.00. The smallest absolute Gasteiger partial charge is 0.235 e. The Morgan fingerprint density at radius 1 is 1.56 bits per heavy atom. The van der Waals surface area contributed by atoms with Gasteiger partial charge in [-0.15, -0.1) is 0 Å². The molecule has 0 aromatic carbocycles. The average molecular weight is 241 g/mol. The highest BCUT2D eigenvalue weighted by Gasteiger charge is 2.07. The number of amides is 1. The monoisotopic (exact) mass is 241 g/mol. The largest absolute Gasteiger partial charge is 0.310 e. The maximum atomic E-state index is 11.6. The molecule has 1 amide bonds. The van der Waals surface area contributed by atoms with Crippen molar-refractivity contribution in [3.05, 3.63) is 11.8 Å².